The number of carboxylic acid groups (broad SMARTS) is 1. The van der Waals surface area contributed by atoms with Gasteiger partial charge in [0.2, 0.25) is 0 Å². The number of carbonyl (C=O) groups excluding carboxylic acids is 1. The number of rotatable bonds is 5. The zero-order valence-corrected chi connectivity index (χ0v) is 12.7. The molecule has 6 heteroatoms. The van der Waals surface area contributed by atoms with Crippen LogP contribution in [0.5, 0.6) is 5.75 Å². The first-order valence-corrected chi connectivity index (χ1v) is 7.57. The summed E-state index contributed by atoms with van der Waals surface area (Å²) in [5, 5.41) is 11.8. The molecule has 0 aromatic heterocycles. The maximum Gasteiger partial charge on any atom is 0.317 e. The van der Waals surface area contributed by atoms with Gasteiger partial charge in [-0.3, -0.25) is 4.79 Å². The van der Waals surface area contributed by atoms with Crippen LogP contribution in [0.15, 0.2) is 24.3 Å². The standard InChI is InChI=1S/C16H22N2O4/c1-2-22-14-5-3-12(4-6-14)11-17-16(21)18-9-7-13(8-10-18)15(19)20/h3-6,13H,2,7-11H2,1H3,(H,17,21)(H,19,20). The predicted octanol–water partition coefficient (Wildman–Crippen LogP) is 2.09. The van der Waals surface area contributed by atoms with Crippen LogP contribution in [0, 0.1) is 5.92 Å². The van der Waals surface area contributed by atoms with Crippen molar-refractivity contribution in [2.75, 3.05) is 19.7 Å². The normalized spacial score (nSPS) is 15.4. The van der Waals surface area contributed by atoms with Crippen molar-refractivity contribution in [3.63, 3.8) is 0 Å². The lowest BCUT2D eigenvalue weighted by Crippen LogP contribution is -2.45. The molecule has 1 saturated heterocycles. The van der Waals surface area contributed by atoms with Crippen molar-refractivity contribution in [3.8, 4) is 5.75 Å². The number of carboxylic acids is 1. The quantitative estimate of drug-likeness (QED) is 0.873. The van der Waals surface area contributed by atoms with Gasteiger partial charge in [0.15, 0.2) is 0 Å². The molecule has 6 nitrogen and oxygen atoms in total. The van der Waals surface area contributed by atoms with Gasteiger partial charge >= 0.3 is 12.0 Å². The number of benzene rings is 1. The third kappa shape index (κ3) is 4.38. The second kappa shape index (κ2) is 7.68. The van der Waals surface area contributed by atoms with Crippen molar-refractivity contribution >= 4 is 12.0 Å². The maximum atomic E-state index is 12.1. The predicted molar refractivity (Wildman–Crippen MR) is 81.8 cm³/mol. The van der Waals surface area contributed by atoms with Crippen molar-refractivity contribution in [2.24, 2.45) is 5.92 Å². The Balaban J connectivity index is 1.77. The van der Waals surface area contributed by atoms with Crippen LogP contribution in [-0.4, -0.2) is 41.7 Å². The van der Waals surface area contributed by atoms with Crippen LogP contribution in [0.1, 0.15) is 25.3 Å². The molecule has 1 aromatic rings. The van der Waals surface area contributed by atoms with E-state index >= 15 is 0 Å². The van der Waals surface area contributed by atoms with Crippen LogP contribution >= 0.6 is 0 Å². The highest BCUT2D eigenvalue weighted by Gasteiger charge is 2.26. The molecular weight excluding hydrogens is 284 g/mol. The second-order valence-corrected chi connectivity index (χ2v) is 5.34. The molecule has 22 heavy (non-hydrogen) atoms. The van der Waals surface area contributed by atoms with Gasteiger partial charge in [0.25, 0.3) is 0 Å². The Morgan fingerprint density at radius 2 is 1.91 bits per heavy atom. The number of likely N-dealkylation sites (tertiary alicyclic amines) is 1. The molecule has 2 amide bonds. The first kappa shape index (κ1) is 16.1. The van der Waals surface area contributed by atoms with Crippen LogP contribution in [0.25, 0.3) is 0 Å². The van der Waals surface area contributed by atoms with Gasteiger partial charge in [-0.2, -0.15) is 0 Å². The number of hydrogen-bond donors (Lipinski definition) is 2. The first-order chi connectivity index (χ1) is 10.6. The smallest absolute Gasteiger partial charge is 0.317 e. The molecule has 2 N–H and O–H groups in total. The minimum Gasteiger partial charge on any atom is -0.494 e. The van der Waals surface area contributed by atoms with E-state index in [1.165, 1.54) is 0 Å². The molecule has 0 saturated carbocycles. The summed E-state index contributed by atoms with van der Waals surface area (Å²) in [4.78, 5) is 24.6. The molecule has 0 atom stereocenters. The Morgan fingerprint density at radius 1 is 1.27 bits per heavy atom. The molecule has 1 aliphatic rings. The van der Waals surface area contributed by atoms with Gasteiger partial charge in [0.1, 0.15) is 5.75 Å². The summed E-state index contributed by atoms with van der Waals surface area (Å²) < 4.78 is 5.37. The lowest BCUT2D eigenvalue weighted by atomic mass is 9.97. The lowest BCUT2D eigenvalue weighted by molar-refractivity contribution is -0.143. The van der Waals surface area contributed by atoms with Gasteiger partial charge in [0.05, 0.1) is 12.5 Å². The number of ether oxygens (including phenoxy) is 1. The van der Waals surface area contributed by atoms with Crippen molar-refractivity contribution in [3.05, 3.63) is 29.8 Å². The zero-order valence-electron chi connectivity index (χ0n) is 12.7. The van der Waals surface area contributed by atoms with Crippen LogP contribution in [0.3, 0.4) is 0 Å². The number of urea groups is 1. The molecule has 1 aliphatic heterocycles. The van der Waals surface area contributed by atoms with Gasteiger partial charge in [-0.1, -0.05) is 12.1 Å². The van der Waals surface area contributed by atoms with E-state index < -0.39 is 5.97 Å². The fourth-order valence-corrected chi connectivity index (χ4v) is 2.49. The number of amides is 2. The number of carbonyl (C=O) groups is 2. The fourth-order valence-electron chi connectivity index (χ4n) is 2.49. The number of aliphatic carboxylic acids is 1. The van der Waals surface area contributed by atoms with Crippen molar-refractivity contribution in [1.82, 2.24) is 10.2 Å². The van der Waals surface area contributed by atoms with Crippen molar-refractivity contribution in [1.29, 1.82) is 0 Å². The second-order valence-electron chi connectivity index (χ2n) is 5.34. The van der Waals surface area contributed by atoms with E-state index in [-0.39, 0.29) is 11.9 Å². The molecule has 0 spiro atoms. The molecule has 0 unspecified atom stereocenters. The maximum absolute atomic E-state index is 12.1. The SMILES string of the molecule is CCOc1ccc(CNC(=O)N2CCC(C(=O)O)CC2)cc1. The number of nitrogens with zero attached hydrogens (tertiary/aromatic N) is 1. The van der Waals surface area contributed by atoms with E-state index in [1.54, 1.807) is 4.90 Å². The number of hydrogen-bond acceptors (Lipinski definition) is 3. The first-order valence-electron chi connectivity index (χ1n) is 7.57. The van der Waals surface area contributed by atoms with E-state index in [9.17, 15) is 9.59 Å². The van der Waals surface area contributed by atoms with Gasteiger partial charge < -0.3 is 20.1 Å². The highest BCUT2D eigenvalue weighted by atomic mass is 16.5. The summed E-state index contributed by atoms with van der Waals surface area (Å²) >= 11 is 0. The van der Waals surface area contributed by atoms with Crippen molar-refractivity contribution in [2.45, 2.75) is 26.3 Å². The van der Waals surface area contributed by atoms with Gasteiger partial charge in [-0.05, 0) is 37.5 Å². The third-order valence-corrected chi connectivity index (χ3v) is 3.81. The minimum absolute atomic E-state index is 0.141. The molecule has 2 rings (SSSR count). The van der Waals surface area contributed by atoms with Crippen LogP contribution < -0.4 is 10.1 Å². The Kier molecular flexibility index (Phi) is 5.63. The average molecular weight is 306 g/mol. The highest BCUT2D eigenvalue weighted by molar-refractivity contribution is 5.75. The van der Waals surface area contributed by atoms with Crippen LogP contribution in [-0.2, 0) is 11.3 Å². The van der Waals surface area contributed by atoms with E-state index in [1.807, 2.05) is 31.2 Å². The summed E-state index contributed by atoms with van der Waals surface area (Å²) in [5.41, 5.74) is 0.997. The molecule has 120 valence electrons. The van der Waals surface area contributed by atoms with Crippen LogP contribution in [0.2, 0.25) is 0 Å². The van der Waals surface area contributed by atoms with Gasteiger partial charge in [-0.25, -0.2) is 4.79 Å². The van der Waals surface area contributed by atoms with Gasteiger partial charge in [-0.15, -0.1) is 0 Å². The molecule has 1 fully saturated rings. The Labute approximate surface area is 130 Å². The summed E-state index contributed by atoms with van der Waals surface area (Å²) in [6, 6.07) is 7.45. The lowest BCUT2D eigenvalue weighted by Gasteiger charge is -2.30. The zero-order chi connectivity index (χ0) is 15.9. The Bertz CT molecular complexity index is 507. The summed E-state index contributed by atoms with van der Waals surface area (Å²) in [6.07, 6.45) is 1.04. The minimum atomic E-state index is -0.769. The Hall–Kier alpha value is -2.24. The molecule has 1 aromatic carbocycles. The highest BCUT2D eigenvalue weighted by Crippen LogP contribution is 2.17. The third-order valence-electron chi connectivity index (χ3n) is 3.81. The summed E-state index contributed by atoms with van der Waals surface area (Å²) in [6.45, 7) is 3.99. The molecular formula is C16H22N2O4. The monoisotopic (exact) mass is 306 g/mol. The summed E-state index contributed by atoms with van der Waals surface area (Å²) in [7, 11) is 0. The molecule has 1 heterocycles. The molecule has 0 radical (unpaired) electrons. The fraction of sp³-hybridized carbons (Fsp3) is 0.500. The average Bonchev–Trinajstić information content (AvgIpc) is 2.54. The Morgan fingerprint density at radius 3 is 2.45 bits per heavy atom. The van der Waals surface area contributed by atoms with Gasteiger partial charge in [0, 0.05) is 19.6 Å². The van der Waals surface area contributed by atoms with Crippen molar-refractivity contribution < 1.29 is 19.4 Å². The van der Waals surface area contributed by atoms with E-state index in [2.05, 4.69) is 5.32 Å². The summed E-state index contributed by atoms with van der Waals surface area (Å²) in [5.74, 6) is -0.280. The van der Waals surface area contributed by atoms with E-state index in [0.717, 1.165) is 11.3 Å². The molecule has 0 aliphatic carbocycles. The largest absolute Gasteiger partial charge is 0.494 e. The topological polar surface area (TPSA) is 78.9 Å². The number of nitrogens with one attached hydrogen (secondary N) is 1. The van der Waals surface area contributed by atoms with Crippen LogP contribution in [0.4, 0.5) is 4.79 Å². The van der Waals surface area contributed by atoms with E-state index in [4.69, 9.17) is 9.84 Å². The number of piperidine rings is 1. The van der Waals surface area contributed by atoms with E-state index in [0.29, 0.717) is 39.1 Å². The molecule has 0 bridgehead atoms.